The van der Waals surface area contributed by atoms with Gasteiger partial charge in [-0.3, -0.25) is 0 Å². The minimum atomic E-state index is -4.80. The normalized spacial score (nSPS) is 11.7. The number of aryl methyl sites for hydroxylation is 2. The van der Waals surface area contributed by atoms with Gasteiger partial charge in [0.25, 0.3) is 0 Å². The molecule has 7 nitrogen and oxygen atoms in total. The number of carboxylic acids is 1. The van der Waals surface area contributed by atoms with E-state index in [4.69, 9.17) is 4.74 Å². The number of aromatic carboxylic acids is 1. The van der Waals surface area contributed by atoms with E-state index in [1.54, 1.807) is 17.6 Å². The Balaban J connectivity index is 1.59. The van der Waals surface area contributed by atoms with Gasteiger partial charge >= 0.3 is 12.1 Å². The monoisotopic (exact) mass is 508 g/mol. The van der Waals surface area contributed by atoms with Gasteiger partial charge in [0.1, 0.15) is 28.1 Å². The summed E-state index contributed by atoms with van der Waals surface area (Å²) >= 11 is 0.500. The van der Waals surface area contributed by atoms with Crippen molar-refractivity contribution >= 4 is 34.0 Å². The van der Waals surface area contributed by atoms with E-state index in [1.807, 2.05) is 13.0 Å². The number of nitrogens with one attached hydrogen (secondary N) is 1. The Morgan fingerprint density at radius 3 is 2.57 bits per heavy atom. The number of carbonyl (C=O) groups is 1. The van der Waals surface area contributed by atoms with Gasteiger partial charge < -0.3 is 19.7 Å². The number of halogens is 4. The van der Waals surface area contributed by atoms with Crippen molar-refractivity contribution in [2.75, 3.05) is 19.0 Å². The largest absolute Gasteiger partial charge is 0.496 e. The highest BCUT2D eigenvalue weighted by molar-refractivity contribution is 7.17. The quantitative estimate of drug-likeness (QED) is 0.309. The Hall–Kier alpha value is -3.67. The number of hydrogen-bond acceptors (Lipinski definition) is 6. The average molecular weight is 508 g/mol. The van der Waals surface area contributed by atoms with Crippen molar-refractivity contribution in [3.63, 3.8) is 0 Å². The summed E-state index contributed by atoms with van der Waals surface area (Å²) in [6.07, 6.45) is -4.80. The van der Waals surface area contributed by atoms with Gasteiger partial charge in [0, 0.05) is 30.2 Å². The van der Waals surface area contributed by atoms with Crippen molar-refractivity contribution in [1.82, 2.24) is 14.5 Å². The summed E-state index contributed by atoms with van der Waals surface area (Å²) in [7, 11) is 1.51. The number of methoxy groups -OCH3 is 1. The third-order valence-electron chi connectivity index (χ3n) is 5.36. The van der Waals surface area contributed by atoms with E-state index in [0.717, 1.165) is 11.8 Å². The first-order valence-electron chi connectivity index (χ1n) is 10.4. The van der Waals surface area contributed by atoms with Gasteiger partial charge in [-0.25, -0.2) is 19.2 Å². The summed E-state index contributed by atoms with van der Waals surface area (Å²) in [5.41, 5.74) is 0.177. The number of alkyl halides is 3. The average Bonchev–Trinajstić information content (AvgIpc) is 3.37. The van der Waals surface area contributed by atoms with E-state index in [9.17, 15) is 27.5 Å². The van der Waals surface area contributed by atoms with Gasteiger partial charge in [-0.1, -0.05) is 0 Å². The topological polar surface area (TPSA) is 89.3 Å². The van der Waals surface area contributed by atoms with Gasteiger partial charge in [0.05, 0.1) is 28.8 Å². The summed E-state index contributed by atoms with van der Waals surface area (Å²) in [4.78, 5) is 19.0. The lowest BCUT2D eigenvalue weighted by atomic mass is 10.2. The number of fused-ring (bicyclic) bond motifs is 1. The number of hydrogen-bond donors (Lipinski definition) is 2. The maximum atomic E-state index is 14.6. The zero-order valence-corrected chi connectivity index (χ0v) is 19.6. The molecule has 0 spiro atoms. The number of ether oxygens (including phenoxy) is 1. The number of carboxylic acid groups (broad SMARTS) is 1. The summed E-state index contributed by atoms with van der Waals surface area (Å²) < 4.78 is 61.5. The lowest BCUT2D eigenvalue weighted by Crippen LogP contribution is -2.13. The summed E-state index contributed by atoms with van der Waals surface area (Å²) in [6.45, 7) is 4.13. The fourth-order valence-corrected chi connectivity index (χ4v) is 4.85. The molecule has 35 heavy (non-hydrogen) atoms. The molecule has 3 heterocycles. The smallest absolute Gasteiger partial charge is 0.418 e. The fourth-order valence-electron chi connectivity index (χ4n) is 3.87. The molecular formula is C23H20F4N4O3S. The van der Waals surface area contributed by atoms with Crippen molar-refractivity contribution < 1.29 is 32.2 Å². The first-order valence-corrected chi connectivity index (χ1v) is 11.2. The van der Waals surface area contributed by atoms with Crippen LogP contribution in [0.25, 0.3) is 21.5 Å². The molecular weight excluding hydrogens is 488 g/mol. The third-order valence-corrected chi connectivity index (χ3v) is 6.51. The molecule has 0 unspecified atom stereocenters. The first kappa shape index (κ1) is 24.5. The van der Waals surface area contributed by atoms with Crippen LogP contribution in [-0.2, 0) is 12.7 Å². The molecule has 0 amide bonds. The van der Waals surface area contributed by atoms with Crippen LogP contribution in [0.4, 0.5) is 23.4 Å². The molecule has 0 atom stereocenters. The molecule has 3 aromatic heterocycles. The second-order valence-corrected chi connectivity index (χ2v) is 8.77. The van der Waals surface area contributed by atoms with Crippen LogP contribution in [0.5, 0.6) is 5.75 Å². The SMILES string of the molecule is COc1ccc(F)c2c1cc(C)n2CCNc1cc(-c2cc(C(F)(F)F)c(C(=O)O)s2)nc(C)n1. The van der Waals surface area contributed by atoms with E-state index in [0.29, 0.717) is 52.7 Å². The Morgan fingerprint density at radius 1 is 1.20 bits per heavy atom. The third kappa shape index (κ3) is 4.78. The van der Waals surface area contributed by atoms with Crippen LogP contribution in [0.2, 0.25) is 0 Å². The highest BCUT2D eigenvalue weighted by Crippen LogP contribution is 2.40. The summed E-state index contributed by atoms with van der Waals surface area (Å²) in [5.74, 6) is -0.847. The minimum absolute atomic E-state index is 0.0599. The lowest BCUT2D eigenvalue weighted by molar-refractivity contribution is -0.137. The molecule has 12 heteroatoms. The molecule has 0 saturated carbocycles. The van der Waals surface area contributed by atoms with E-state index in [2.05, 4.69) is 15.3 Å². The Labute approximate surface area is 201 Å². The van der Waals surface area contributed by atoms with E-state index < -0.39 is 22.6 Å². The standard InChI is InChI=1S/C23H20F4N4O3S/c1-11-8-13-17(34-3)5-4-15(24)20(13)31(11)7-6-28-19-10-16(29-12(2)30-19)18-9-14(23(25,26)27)21(35-18)22(32)33/h4-5,8-10H,6-7H2,1-3H3,(H,32,33)(H,28,29,30). The summed E-state index contributed by atoms with van der Waals surface area (Å²) in [5, 5.41) is 12.9. The van der Waals surface area contributed by atoms with Crippen molar-refractivity contribution in [3.05, 3.63) is 58.1 Å². The maximum Gasteiger partial charge on any atom is 0.418 e. The van der Waals surface area contributed by atoms with Crippen LogP contribution in [0.15, 0.2) is 30.3 Å². The second kappa shape index (κ2) is 9.17. The van der Waals surface area contributed by atoms with Gasteiger partial charge in [0.2, 0.25) is 0 Å². The van der Waals surface area contributed by atoms with Crippen LogP contribution in [-0.4, -0.2) is 39.3 Å². The van der Waals surface area contributed by atoms with Gasteiger partial charge in [-0.05, 0) is 38.1 Å². The van der Waals surface area contributed by atoms with Crippen LogP contribution >= 0.6 is 11.3 Å². The molecule has 184 valence electrons. The predicted octanol–water partition coefficient (Wildman–Crippen LogP) is 5.75. The van der Waals surface area contributed by atoms with Crippen molar-refractivity contribution in [1.29, 1.82) is 0 Å². The van der Waals surface area contributed by atoms with Crippen LogP contribution in [0, 0.1) is 19.7 Å². The molecule has 2 N–H and O–H groups in total. The first-order chi connectivity index (χ1) is 16.5. The highest BCUT2D eigenvalue weighted by Gasteiger charge is 2.37. The van der Waals surface area contributed by atoms with E-state index in [-0.39, 0.29) is 16.4 Å². The maximum absolute atomic E-state index is 14.6. The molecule has 0 bridgehead atoms. The molecule has 1 aromatic carbocycles. The van der Waals surface area contributed by atoms with Gasteiger partial charge in [-0.2, -0.15) is 13.2 Å². The van der Waals surface area contributed by atoms with Crippen molar-refractivity contribution in [2.24, 2.45) is 0 Å². The molecule has 0 saturated heterocycles. The van der Waals surface area contributed by atoms with Crippen LogP contribution < -0.4 is 10.1 Å². The molecule has 4 rings (SSSR count). The Bertz CT molecular complexity index is 1430. The Morgan fingerprint density at radius 2 is 1.94 bits per heavy atom. The molecule has 0 radical (unpaired) electrons. The summed E-state index contributed by atoms with van der Waals surface area (Å²) in [6, 6.07) is 6.97. The van der Waals surface area contributed by atoms with Crippen molar-refractivity contribution in [3.8, 4) is 16.3 Å². The minimum Gasteiger partial charge on any atom is -0.496 e. The number of aromatic nitrogens is 3. The molecule has 0 fully saturated rings. The number of thiophene rings is 1. The predicted molar refractivity (Wildman–Crippen MR) is 124 cm³/mol. The van der Waals surface area contributed by atoms with Crippen LogP contribution in [0.1, 0.15) is 26.8 Å². The molecule has 0 aliphatic carbocycles. The number of rotatable bonds is 7. The van der Waals surface area contributed by atoms with E-state index in [1.165, 1.54) is 19.2 Å². The van der Waals surface area contributed by atoms with Gasteiger partial charge in [0.15, 0.2) is 0 Å². The Kier molecular flexibility index (Phi) is 6.41. The number of anilines is 1. The zero-order chi connectivity index (χ0) is 25.5. The second-order valence-electron chi connectivity index (χ2n) is 7.72. The van der Waals surface area contributed by atoms with E-state index >= 15 is 0 Å². The lowest BCUT2D eigenvalue weighted by Gasteiger charge is -2.12. The van der Waals surface area contributed by atoms with Gasteiger partial charge in [-0.15, -0.1) is 11.3 Å². The highest BCUT2D eigenvalue weighted by atomic mass is 32.1. The number of nitrogens with zero attached hydrogens (tertiary/aromatic N) is 3. The molecule has 0 aliphatic heterocycles. The molecule has 4 aromatic rings. The van der Waals surface area contributed by atoms with Crippen LogP contribution in [0.3, 0.4) is 0 Å². The fraction of sp³-hybridized carbons (Fsp3) is 0.261. The zero-order valence-electron chi connectivity index (χ0n) is 18.8. The number of benzene rings is 1. The molecule has 0 aliphatic rings. The van der Waals surface area contributed by atoms with Crippen molar-refractivity contribution in [2.45, 2.75) is 26.6 Å².